The van der Waals surface area contributed by atoms with Crippen LogP contribution in [0.25, 0.3) is 0 Å². The first-order chi connectivity index (χ1) is 12.8. The van der Waals surface area contributed by atoms with Crippen molar-refractivity contribution in [2.75, 3.05) is 7.11 Å². The number of esters is 1. The topological polar surface area (TPSA) is 55.8 Å². The summed E-state index contributed by atoms with van der Waals surface area (Å²) in [6.45, 7) is 5.57. The van der Waals surface area contributed by atoms with E-state index in [2.05, 4.69) is 0 Å². The number of fused-ring (bicyclic) bond motifs is 1. The van der Waals surface area contributed by atoms with Gasteiger partial charge < -0.3 is 9.47 Å². The van der Waals surface area contributed by atoms with Gasteiger partial charge in [0, 0.05) is 12.5 Å². The van der Waals surface area contributed by atoms with Gasteiger partial charge in [-0.1, -0.05) is 43.2 Å². The number of hydrogen-bond acceptors (Lipinski definition) is 4. The standard InChI is InChI=1S/C22H31NO4/c1-21(2,3)27-20(25)23-18-13-9-8-12-17(18)15-22(23,19(24)26-4)14-16-10-6-5-7-11-16/h5-7,10-11,17-18H,8-9,12-15H2,1-4H3/t17-,18-,22-/m0/s1. The Morgan fingerprint density at radius 1 is 1.15 bits per heavy atom. The summed E-state index contributed by atoms with van der Waals surface area (Å²) in [5, 5.41) is 0. The molecule has 1 aromatic rings. The van der Waals surface area contributed by atoms with E-state index >= 15 is 0 Å². The van der Waals surface area contributed by atoms with E-state index in [1.54, 1.807) is 4.90 Å². The molecule has 27 heavy (non-hydrogen) atoms. The Hall–Kier alpha value is -2.04. The molecule has 1 heterocycles. The third-order valence-electron chi connectivity index (χ3n) is 5.76. The highest BCUT2D eigenvalue weighted by molar-refractivity contribution is 5.87. The second kappa shape index (κ2) is 7.53. The van der Waals surface area contributed by atoms with Gasteiger partial charge in [0.2, 0.25) is 0 Å². The molecular formula is C22H31NO4. The van der Waals surface area contributed by atoms with Crippen LogP contribution in [-0.4, -0.2) is 41.3 Å². The van der Waals surface area contributed by atoms with Crippen LogP contribution in [0.5, 0.6) is 0 Å². The average molecular weight is 373 g/mol. The van der Waals surface area contributed by atoms with E-state index in [-0.39, 0.29) is 12.0 Å². The summed E-state index contributed by atoms with van der Waals surface area (Å²) in [4.78, 5) is 28.1. The number of hydrogen-bond donors (Lipinski definition) is 0. The normalized spacial score (nSPS) is 27.8. The summed E-state index contributed by atoms with van der Waals surface area (Å²) >= 11 is 0. The molecule has 0 spiro atoms. The van der Waals surface area contributed by atoms with Crippen molar-refractivity contribution in [2.24, 2.45) is 5.92 Å². The summed E-state index contributed by atoms with van der Waals surface area (Å²) in [6, 6.07) is 9.91. The summed E-state index contributed by atoms with van der Waals surface area (Å²) in [7, 11) is 1.41. The first-order valence-corrected chi connectivity index (χ1v) is 9.91. The first-order valence-electron chi connectivity index (χ1n) is 9.91. The van der Waals surface area contributed by atoms with Crippen molar-refractivity contribution >= 4 is 12.1 Å². The number of rotatable bonds is 3. The lowest BCUT2D eigenvalue weighted by Crippen LogP contribution is -2.58. The highest BCUT2D eigenvalue weighted by Gasteiger charge is 2.59. The molecule has 0 N–H and O–H groups in total. The molecule has 3 rings (SSSR count). The molecule has 5 heteroatoms. The zero-order chi connectivity index (χ0) is 19.7. The molecule has 2 aliphatic rings. The van der Waals surface area contributed by atoms with E-state index in [1.807, 2.05) is 51.1 Å². The number of methoxy groups -OCH3 is 1. The van der Waals surface area contributed by atoms with Crippen LogP contribution in [-0.2, 0) is 20.7 Å². The number of benzene rings is 1. The Morgan fingerprint density at radius 2 is 1.81 bits per heavy atom. The van der Waals surface area contributed by atoms with Crippen molar-refractivity contribution < 1.29 is 19.1 Å². The van der Waals surface area contributed by atoms with Crippen LogP contribution in [0, 0.1) is 5.92 Å². The van der Waals surface area contributed by atoms with Gasteiger partial charge in [-0.2, -0.15) is 0 Å². The molecule has 0 unspecified atom stereocenters. The molecule has 1 aliphatic carbocycles. The number of likely N-dealkylation sites (tertiary alicyclic amines) is 1. The second-order valence-electron chi connectivity index (χ2n) is 8.85. The van der Waals surface area contributed by atoms with Gasteiger partial charge in [0.15, 0.2) is 0 Å². The van der Waals surface area contributed by atoms with Crippen molar-refractivity contribution in [1.82, 2.24) is 4.90 Å². The van der Waals surface area contributed by atoms with Gasteiger partial charge in [-0.3, -0.25) is 4.90 Å². The zero-order valence-corrected chi connectivity index (χ0v) is 16.9. The molecule has 1 saturated carbocycles. The maximum Gasteiger partial charge on any atom is 0.411 e. The van der Waals surface area contributed by atoms with Crippen LogP contribution in [0.2, 0.25) is 0 Å². The minimum atomic E-state index is -1.00. The Kier molecular flexibility index (Phi) is 5.50. The van der Waals surface area contributed by atoms with Gasteiger partial charge in [-0.05, 0) is 51.5 Å². The Bertz CT molecular complexity index is 681. The summed E-state index contributed by atoms with van der Waals surface area (Å²) in [5.41, 5.74) is -0.591. The van der Waals surface area contributed by atoms with Gasteiger partial charge in [0.1, 0.15) is 11.1 Å². The number of ether oxygens (including phenoxy) is 2. The minimum absolute atomic E-state index is 0.0383. The van der Waals surface area contributed by atoms with Gasteiger partial charge in [0.25, 0.3) is 0 Å². The van der Waals surface area contributed by atoms with Crippen LogP contribution < -0.4 is 0 Å². The van der Waals surface area contributed by atoms with Crippen LogP contribution in [0.15, 0.2) is 30.3 Å². The van der Waals surface area contributed by atoms with E-state index in [1.165, 1.54) is 7.11 Å². The smallest absolute Gasteiger partial charge is 0.411 e. The Morgan fingerprint density at radius 3 is 2.44 bits per heavy atom. The fourth-order valence-electron chi connectivity index (χ4n) is 4.77. The van der Waals surface area contributed by atoms with Crippen molar-refractivity contribution in [1.29, 1.82) is 0 Å². The van der Waals surface area contributed by atoms with Crippen molar-refractivity contribution in [3.05, 3.63) is 35.9 Å². The predicted octanol–water partition coefficient (Wildman–Crippen LogP) is 4.34. The van der Waals surface area contributed by atoms with Gasteiger partial charge in [-0.15, -0.1) is 0 Å². The lowest BCUT2D eigenvalue weighted by molar-refractivity contribution is -0.154. The third-order valence-corrected chi connectivity index (χ3v) is 5.76. The van der Waals surface area contributed by atoms with Gasteiger partial charge in [0.05, 0.1) is 7.11 Å². The van der Waals surface area contributed by atoms with Crippen molar-refractivity contribution in [2.45, 2.75) is 76.5 Å². The molecule has 5 nitrogen and oxygen atoms in total. The van der Waals surface area contributed by atoms with Crippen LogP contribution in [0.4, 0.5) is 4.79 Å². The largest absolute Gasteiger partial charge is 0.467 e. The average Bonchev–Trinajstić information content (AvgIpc) is 2.95. The van der Waals surface area contributed by atoms with Crippen molar-refractivity contribution in [3.8, 4) is 0 Å². The molecule has 148 valence electrons. The predicted molar refractivity (Wildman–Crippen MR) is 103 cm³/mol. The maximum absolute atomic E-state index is 13.2. The number of nitrogens with zero attached hydrogens (tertiary/aromatic N) is 1. The fraction of sp³-hybridized carbons (Fsp3) is 0.636. The molecular weight excluding hydrogens is 342 g/mol. The van der Waals surface area contributed by atoms with Crippen LogP contribution in [0.1, 0.15) is 58.4 Å². The molecule has 3 atom stereocenters. The molecule has 1 aromatic carbocycles. The summed E-state index contributed by atoms with van der Waals surface area (Å²) < 4.78 is 11.0. The monoisotopic (exact) mass is 373 g/mol. The molecule has 0 bridgehead atoms. The second-order valence-corrected chi connectivity index (χ2v) is 8.85. The van der Waals surface area contributed by atoms with Crippen molar-refractivity contribution in [3.63, 3.8) is 0 Å². The highest BCUT2D eigenvalue weighted by atomic mass is 16.6. The van der Waals surface area contributed by atoms with E-state index in [9.17, 15) is 9.59 Å². The van der Waals surface area contributed by atoms with E-state index < -0.39 is 17.2 Å². The lowest BCUT2D eigenvalue weighted by Gasteiger charge is -2.40. The Balaban J connectivity index is 2.03. The van der Waals surface area contributed by atoms with E-state index in [0.29, 0.717) is 18.8 Å². The summed E-state index contributed by atoms with van der Waals surface area (Å²) in [6.07, 6.45) is 4.85. The maximum atomic E-state index is 13.2. The van der Waals surface area contributed by atoms with Gasteiger partial charge in [-0.25, -0.2) is 9.59 Å². The fourth-order valence-corrected chi connectivity index (χ4v) is 4.77. The third kappa shape index (κ3) is 3.97. The Labute approximate surface area is 162 Å². The summed E-state index contributed by atoms with van der Waals surface area (Å²) in [5.74, 6) is -0.0271. The number of carbonyl (C=O) groups is 2. The zero-order valence-electron chi connectivity index (χ0n) is 16.9. The van der Waals surface area contributed by atoms with Crippen LogP contribution >= 0.6 is 0 Å². The molecule has 2 fully saturated rings. The molecule has 1 aliphatic heterocycles. The SMILES string of the molecule is COC(=O)[C@]1(Cc2ccccc2)C[C@@H]2CCCC[C@@H]2N1C(=O)OC(C)(C)C. The van der Waals surface area contributed by atoms with E-state index in [0.717, 1.165) is 31.2 Å². The highest BCUT2D eigenvalue weighted by Crippen LogP contribution is 2.47. The molecule has 0 radical (unpaired) electrons. The molecule has 0 aromatic heterocycles. The van der Waals surface area contributed by atoms with Gasteiger partial charge >= 0.3 is 12.1 Å². The molecule has 1 amide bonds. The quantitative estimate of drug-likeness (QED) is 0.740. The minimum Gasteiger partial charge on any atom is -0.467 e. The number of amides is 1. The first kappa shape index (κ1) is 19.7. The molecule has 1 saturated heterocycles. The van der Waals surface area contributed by atoms with E-state index in [4.69, 9.17) is 9.47 Å². The lowest BCUT2D eigenvalue weighted by atomic mass is 9.81. The number of carbonyl (C=O) groups excluding carboxylic acids is 2. The van der Waals surface area contributed by atoms with Crippen LogP contribution in [0.3, 0.4) is 0 Å².